The first kappa shape index (κ1) is 22.6. The van der Waals surface area contributed by atoms with E-state index in [1.54, 1.807) is 32.0 Å². The summed E-state index contributed by atoms with van der Waals surface area (Å²) in [6.07, 6.45) is -1.54. The van der Waals surface area contributed by atoms with Crippen molar-refractivity contribution in [2.24, 2.45) is 5.73 Å². The number of hydrogen-bond donors (Lipinski definition) is 3. The smallest absolute Gasteiger partial charge is 0.404 e. The molecule has 0 aliphatic carbocycles. The molecule has 1 heterocycles. The number of esters is 1. The molecule has 1 aliphatic heterocycles. The average molecular weight is 443 g/mol. The molecule has 1 aromatic rings. The Kier molecular flexibility index (Phi) is 7.16. The van der Waals surface area contributed by atoms with Crippen molar-refractivity contribution in [3.63, 3.8) is 0 Å². The van der Waals surface area contributed by atoms with Gasteiger partial charge in [-0.15, -0.1) is 0 Å². The van der Waals surface area contributed by atoms with E-state index in [9.17, 15) is 19.5 Å². The maximum Gasteiger partial charge on any atom is 0.404 e. The van der Waals surface area contributed by atoms with Gasteiger partial charge in [-0.25, -0.2) is 14.4 Å². The van der Waals surface area contributed by atoms with E-state index in [1.807, 2.05) is 0 Å². The van der Waals surface area contributed by atoms with Crippen LogP contribution in [0.5, 0.6) is 0 Å². The van der Waals surface area contributed by atoms with Crippen LogP contribution in [0.4, 0.5) is 4.79 Å². The Labute approximate surface area is 177 Å². The molecule has 0 fully saturated rings. The molecule has 0 aromatic heterocycles. The van der Waals surface area contributed by atoms with Crippen LogP contribution < -0.4 is 11.1 Å². The number of carboxylic acids is 1. The highest BCUT2D eigenvalue weighted by Crippen LogP contribution is 2.43. The first-order valence-corrected chi connectivity index (χ1v) is 9.31. The van der Waals surface area contributed by atoms with E-state index in [-0.39, 0.29) is 32.6 Å². The quantitative estimate of drug-likeness (QED) is 0.576. The highest BCUT2D eigenvalue weighted by Gasteiger charge is 2.40. The van der Waals surface area contributed by atoms with Gasteiger partial charge in [0.25, 0.3) is 0 Å². The van der Waals surface area contributed by atoms with Crippen molar-refractivity contribution in [3.8, 4) is 0 Å². The Bertz CT molecular complexity index is 923. The molecule has 8 nitrogen and oxygen atoms in total. The largest absolute Gasteiger partial charge is 0.478 e. The summed E-state index contributed by atoms with van der Waals surface area (Å²) in [4.78, 5) is 36.1. The van der Waals surface area contributed by atoms with Gasteiger partial charge in [0, 0.05) is 5.70 Å². The van der Waals surface area contributed by atoms with Gasteiger partial charge in [-0.1, -0.05) is 35.3 Å². The van der Waals surface area contributed by atoms with Gasteiger partial charge in [0.15, 0.2) is 0 Å². The summed E-state index contributed by atoms with van der Waals surface area (Å²) in [6, 6.07) is 4.69. The molecule has 2 rings (SSSR count). The van der Waals surface area contributed by atoms with Gasteiger partial charge >= 0.3 is 18.0 Å². The second-order valence-electron chi connectivity index (χ2n) is 6.50. The van der Waals surface area contributed by atoms with Gasteiger partial charge in [-0.3, -0.25) is 0 Å². The molecule has 156 valence electrons. The summed E-state index contributed by atoms with van der Waals surface area (Å²) in [6.45, 7) is 4.42. The number of primary amides is 1. The number of dihydropyridines is 1. The molecular weight excluding hydrogens is 423 g/mol. The maximum atomic E-state index is 12.9. The van der Waals surface area contributed by atoms with Crippen molar-refractivity contribution in [2.75, 3.05) is 6.61 Å². The minimum absolute atomic E-state index is 0.0629. The molecule has 0 radical (unpaired) electrons. The number of hydrogen-bond acceptors (Lipinski definition) is 6. The van der Waals surface area contributed by atoms with Crippen LogP contribution in [0.15, 0.2) is 40.7 Å². The van der Waals surface area contributed by atoms with Crippen LogP contribution in [0.2, 0.25) is 10.0 Å². The van der Waals surface area contributed by atoms with Crippen molar-refractivity contribution in [3.05, 3.63) is 56.3 Å². The summed E-state index contributed by atoms with van der Waals surface area (Å²) in [5.74, 6) is -3.17. The Morgan fingerprint density at radius 3 is 2.45 bits per heavy atom. The molecule has 29 heavy (non-hydrogen) atoms. The number of carbonyl (C=O) groups is 3. The van der Waals surface area contributed by atoms with Gasteiger partial charge in [-0.05, 0) is 32.4 Å². The second-order valence-corrected chi connectivity index (χ2v) is 7.28. The zero-order valence-corrected chi connectivity index (χ0v) is 17.4. The zero-order valence-electron chi connectivity index (χ0n) is 15.9. The molecule has 1 aromatic carbocycles. The number of halogens is 2. The van der Waals surface area contributed by atoms with E-state index in [4.69, 9.17) is 38.4 Å². The maximum absolute atomic E-state index is 12.9. The topological polar surface area (TPSA) is 128 Å². The lowest BCUT2D eigenvalue weighted by molar-refractivity contribution is -0.143. The molecule has 1 amide bonds. The van der Waals surface area contributed by atoms with Crippen molar-refractivity contribution in [1.29, 1.82) is 0 Å². The van der Waals surface area contributed by atoms with Crippen LogP contribution in [0, 0.1) is 0 Å². The molecule has 1 unspecified atom stereocenters. The number of aliphatic carboxylic acids is 1. The number of amides is 1. The van der Waals surface area contributed by atoms with Crippen molar-refractivity contribution in [1.82, 2.24) is 5.32 Å². The van der Waals surface area contributed by atoms with Gasteiger partial charge in [-0.2, -0.15) is 0 Å². The minimum atomic E-state index is -1.26. The molecule has 0 saturated carbocycles. The number of carboxylic acid groups (broad SMARTS) is 1. The lowest BCUT2D eigenvalue weighted by atomic mass is 9.80. The van der Waals surface area contributed by atoms with Crippen molar-refractivity contribution < 1.29 is 29.0 Å². The Morgan fingerprint density at radius 2 is 1.90 bits per heavy atom. The lowest BCUT2D eigenvalue weighted by Gasteiger charge is -2.31. The second kappa shape index (κ2) is 9.19. The zero-order chi connectivity index (χ0) is 21.9. The molecule has 0 spiro atoms. The molecule has 10 heteroatoms. The van der Waals surface area contributed by atoms with E-state index in [2.05, 4.69) is 5.32 Å². The third kappa shape index (κ3) is 5.02. The van der Waals surface area contributed by atoms with E-state index in [0.29, 0.717) is 5.56 Å². The predicted octanol–water partition coefficient (Wildman–Crippen LogP) is 3.34. The molecule has 1 aliphatic rings. The van der Waals surface area contributed by atoms with Gasteiger partial charge < -0.3 is 25.6 Å². The van der Waals surface area contributed by atoms with Crippen LogP contribution >= 0.6 is 23.2 Å². The fourth-order valence-electron chi connectivity index (χ4n) is 3.01. The number of rotatable bonds is 6. The highest BCUT2D eigenvalue weighted by atomic mass is 35.5. The molecular formula is C19H20Cl2N2O6. The SMILES string of the molecule is CC1=C(C(=O)O)C(c2cccc(Cl)c2Cl)C(C(=O)OC(C)C)=C(COC(N)=O)N1. The molecule has 0 saturated heterocycles. The molecule has 1 atom stereocenters. The lowest BCUT2D eigenvalue weighted by Crippen LogP contribution is -2.35. The average Bonchev–Trinajstić information content (AvgIpc) is 2.60. The number of nitrogens with one attached hydrogen (secondary N) is 1. The van der Waals surface area contributed by atoms with Gasteiger partial charge in [0.05, 0.1) is 38.9 Å². The Morgan fingerprint density at radius 1 is 1.24 bits per heavy atom. The third-order valence-corrected chi connectivity index (χ3v) is 4.92. The van der Waals surface area contributed by atoms with Gasteiger partial charge in [0.1, 0.15) is 6.61 Å². The normalized spacial score (nSPS) is 16.6. The summed E-state index contributed by atoms with van der Waals surface area (Å²) < 4.78 is 10.1. The van der Waals surface area contributed by atoms with Crippen molar-refractivity contribution >= 4 is 41.2 Å². The van der Waals surface area contributed by atoms with Gasteiger partial charge in [0.2, 0.25) is 0 Å². The number of ether oxygens (including phenoxy) is 2. The summed E-state index contributed by atoms with van der Waals surface area (Å²) in [7, 11) is 0. The van der Waals surface area contributed by atoms with E-state index < -0.39 is 36.7 Å². The van der Waals surface area contributed by atoms with E-state index >= 15 is 0 Å². The van der Waals surface area contributed by atoms with Crippen LogP contribution in [0.3, 0.4) is 0 Å². The first-order chi connectivity index (χ1) is 13.5. The fraction of sp³-hybridized carbons (Fsp3) is 0.316. The Hall–Kier alpha value is -2.71. The van der Waals surface area contributed by atoms with E-state index in [1.165, 1.54) is 6.92 Å². The molecule has 4 N–H and O–H groups in total. The standard InChI is InChI=1S/C19H20Cl2N2O6/c1-8(2)29-18(26)15-12(7-28-19(22)27)23-9(3)13(17(24)25)14(15)10-5-4-6-11(20)16(10)21/h4-6,8,14,23H,7H2,1-3H3,(H2,22,27)(H,24,25). The van der Waals surface area contributed by atoms with E-state index in [0.717, 1.165) is 0 Å². The minimum Gasteiger partial charge on any atom is -0.478 e. The summed E-state index contributed by atoms with van der Waals surface area (Å²) in [5, 5.41) is 12.9. The van der Waals surface area contributed by atoms with Crippen LogP contribution in [0.25, 0.3) is 0 Å². The van der Waals surface area contributed by atoms with Crippen molar-refractivity contribution in [2.45, 2.75) is 32.8 Å². The third-order valence-electron chi connectivity index (χ3n) is 4.09. The van der Waals surface area contributed by atoms with Crippen LogP contribution in [-0.4, -0.2) is 35.8 Å². The summed E-state index contributed by atoms with van der Waals surface area (Å²) in [5.41, 5.74) is 5.53. The number of carbonyl (C=O) groups excluding carboxylic acids is 2. The molecule has 0 bridgehead atoms. The number of nitrogens with two attached hydrogens (primary N) is 1. The summed E-state index contributed by atoms with van der Waals surface area (Å²) >= 11 is 12.5. The number of allylic oxidation sites excluding steroid dienone is 1. The Balaban J connectivity index is 2.76. The number of benzene rings is 1. The predicted molar refractivity (Wildman–Crippen MR) is 106 cm³/mol. The van der Waals surface area contributed by atoms with Crippen LogP contribution in [0.1, 0.15) is 32.3 Å². The first-order valence-electron chi connectivity index (χ1n) is 8.55. The van der Waals surface area contributed by atoms with Crippen LogP contribution in [-0.2, 0) is 19.1 Å². The monoisotopic (exact) mass is 442 g/mol. The highest BCUT2D eigenvalue weighted by molar-refractivity contribution is 6.42. The fourth-order valence-corrected chi connectivity index (χ4v) is 3.43.